The lowest BCUT2D eigenvalue weighted by atomic mass is 10.1. The summed E-state index contributed by atoms with van der Waals surface area (Å²) in [6, 6.07) is 13.9. The average molecular weight is 257 g/mol. The lowest BCUT2D eigenvalue weighted by molar-refractivity contribution is 0.627. The molecule has 2 aromatic rings. The first-order chi connectivity index (χ1) is 9.06. The maximum Gasteiger partial charge on any atom is 0.123 e. The van der Waals surface area contributed by atoms with Gasteiger partial charge in [-0.3, -0.25) is 5.41 Å². The minimum absolute atomic E-state index is 0.0614. The van der Waals surface area contributed by atoms with E-state index >= 15 is 0 Å². The van der Waals surface area contributed by atoms with Gasteiger partial charge in [-0.25, -0.2) is 4.39 Å². The second-order valence-electron chi connectivity index (χ2n) is 4.45. The molecule has 2 aromatic carbocycles. The number of hydrogen-bond donors (Lipinski definition) is 2. The van der Waals surface area contributed by atoms with Crippen LogP contribution in [0.25, 0.3) is 0 Å². The Morgan fingerprint density at radius 3 is 2.53 bits per heavy atom. The highest BCUT2D eigenvalue weighted by molar-refractivity contribution is 5.95. The molecule has 3 N–H and O–H groups in total. The van der Waals surface area contributed by atoms with E-state index in [1.807, 2.05) is 36.2 Å². The van der Waals surface area contributed by atoms with Crippen molar-refractivity contribution in [2.75, 3.05) is 11.9 Å². The van der Waals surface area contributed by atoms with Gasteiger partial charge in [0.25, 0.3) is 0 Å². The number of rotatable bonds is 4. The normalized spacial score (nSPS) is 10.2. The van der Waals surface area contributed by atoms with Gasteiger partial charge in [0.1, 0.15) is 11.7 Å². The van der Waals surface area contributed by atoms with Crippen LogP contribution in [0.15, 0.2) is 48.5 Å². The highest BCUT2D eigenvalue weighted by Gasteiger charge is 2.04. The number of nitrogens with one attached hydrogen (secondary N) is 1. The molecule has 0 spiro atoms. The summed E-state index contributed by atoms with van der Waals surface area (Å²) in [5, 5.41) is 7.42. The SMILES string of the molecule is CN(Cc1cccc(C(=N)N)c1)c1ccc(F)cc1. The zero-order valence-electron chi connectivity index (χ0n) is 10.7. The van der Waals surface area contributed by atoms with E-state index in [1.54, 1.807) is 12.1 Å². The summed E-state index contributed by atoms with van der Waals surface area (Å²) in [6.45, 7) is 0.673. The van der Waals surface area contributed by atoms with Crippen LogP contribution in [0.1, 0.15) is 11.1 Å². The fourth-order valence-electron chi connectivity index (χ4n) is 1.90. The Morgan fingerprint density at radius 2 is 1.89 bits per heavy atom. The standard InChI is InChI=1S/C15H16FN3/c1-19(14-7-5-13(16)6-8-14)10-11-3-2-4-12(9-11)15(17)18/h2-9H,10H2,1H3,(H3,17,18). The van der Waals surface area contributed by atoms with Crippen LogP contribution in [0, 0.1) is 11.2 Å². The van der Waals surface area contributed by atoms with Gasteiger partial charge in [0.05, 0.1) is 0 Å². The fourth-order valence-corrected chi connectivity index (χ4v) is 1.90. The molecule has 2 rings (SSSR count). The van der Waals surface area contributed by atoms with Crippen LogP contribution in [-0.4, -0.2) is 12.9 Å². The lowest BCUT2D eigenvalue weighted by Gasteiger charge is -2.19. The van der Waals surface area contributed by atoms with E-state index < -0.39 is 0 Å². The minimum Gasteiger partial charge on any atom is -0.384 e. The third kappa shape index (κ3) is 3.31. The van der Waals surface area contributed by atoms with E-state index in [1.165, 1.54) is 12.1 Å². The van der Waals surface area contributed by atoms with Crippen LogP contribution < -0.4 is 10.6 Å². The summed E-state index contributed by atoms with van der Waals surface area (Å²) < 4.78 is 12.9. The summed E-state index contributed by atoms with van der Waals surface area (Å²) in [7, 11) is 1.94. The molecule has 0 saturated heterocycles. The molecule has 0 radical (unpaired) electrons. The number of hydrogen-bond acceptors (Lipinski definition) is 2. The zero-order valence-corrected chi connectivity index (χ0v) is 10.7. The second kappa shape index (κ2) is 5.52. The molecule has 0 aromatic heterocycles. The monoisotopic (exact) mass is 257 g/mol. The predicted molar refractivity (Wildman–Crippen MR) is 76.0 cm³/mol. The topological polar surface area (TPSA) is 53.1 Å². The lowest BCUT2D eigenvalue weighted by Crippen LogP contribution is -2.17. The number of nitrogens with zero attached hydrogens (tertiary/aromatic N) is 1. The van der Waals surface area contributed by atoms with Crippen LogP contribution in [-0.2, 0) is 6.54 Å². The molecule has 0 unspecified atom stereocenters. The number of nitrogen functional groups attached to an aromatic ring is 1. The first-order valence-electron chi connectivity index (χ1n) is 5.96. The molecule has 3 nitrogen and oxygen atoms in total. The van der Waals surface area contributed by atoms with Crippen molar-refractivity contribution in [3.05, 3.63) is 65.5 Å². The summed E-state index contributed by atoms with van der Waals surface area (Å²) in [5.41, 5.74) is 8.18. The quantitative estimate of drug-likeness (QED) is 0.653. The van der Waals surface area contributed by atoms with E-state index in [4.69, 9.17) is 11.1 Å². The van der Waals surface area contributed by atoms with E-state index in [2.05, 4.69) is 0 Å². The molecule has 0 aliphatic carbocycles. The summed E-state index contributed by atoms with van der Waals surface area (Å²) in [6.07, 6.45) is 0. The predicted octanol–water partition coefficient (Wildman–Crippen LogP) is 2.75. The van der Waals surface area contributed by atoms with Crippen molar-refractivity contribution in [2.45, 2.75) is 6.54 Å². The van der Waals surface area contributed by atoms with E-state index in [0.29, 0.717) is 12.1 Å². The minimum atomic E-state index is -0.240. The fraction of sp³-hybridized carbons (Fsp3) is 0.133. The molecule has 0 amide bonds. The Morgan fingerprint density at radius 1 is 1.21 bits per heavy atom. The molecule has 0 atom stereocenters. The summed E-state index contributed by atoms with van der Waals surface area (Å²) in [4.78, 5) is 2.01. The first-order valence-corrected chi connectivity index (χ1v) is 5.96. The van der Waals surface area contributed by atoms with Gasteiger partial charge in [-0.2, -0.15) is 0 Å². The van der Waals surface area contributed by atoms with Gasteiger partial charge in [-0.15, -0.1) is 0 Å². The number of amidine groups is 1. The molecule has 0 aliphatic heterocycles. The molecule has 0 fully saturated rings. The van der Waals surface area contributed by atoms with Crippen LogP contribution in [0.4, 0.5) is 10.1 Å². The van der Waals surface area contributed by atoms with Gasteiger partial charge in [0.2, 0.25) is 0 Å². The Kier molecular flexibility index (Phi) is 3.80. The van der Waals surface area contributed by atoms with Gasteiger partial charge in [0, 0.05) is 24.8 Å². The Hall–Kier alpha value is -2.36. The molecule has 19 heavy (non-hydrogen) atoms. The Balaban J connectivity index is 2.14. The smallest absolute Gasteiger partial charge is 0.123 e. The second-order valence-corrected chi connectivity index (χ2v) is 4.45. The van der Waals surface area contributed by atoms with Gasteiger partial charge in [-0.1, -0.05) is 18.2 Å². The third-order valence-electron chi connectivity index (χ3n) is 2.93. The van der Waals surface area contributed by atoms with Crippen molar-refractivity contribution < 1.29 is 4.39 Å². The van der Waals surface area contributed by atoms with E-state index in [-0.39, 0.29) is 11.7 Å². The highest BCUT2D eigenvalue weighted by Crippen LogP contribution is 2.16. The summed E-state index contributed by atoms with van der Waals surface area (Å²) >= 11 is 0. The van der Waals surface area contributed by atoms with Gasteiger partial charge in [0.15, 0.2) is 0 Å². The Bertz CT molecular complexity index is 578. The number of benzene rings is 2. The van der Waals surface area contributed by atoms with Crippen molar-refractivity contribution in [1.82, 2.24) is 0 Å². The maximum absolute atomic E-state index is 12.9. The highest BCUT2D eigenvalue weighted by atomic mass is 19.1. The van der Waals surface area contributed by atoms with Gasteiger partial charge >= 0.3 is 0 Å². The van der Waals surface area contributed by atoms with Crippen molar-refractivity contribution >= 4 is 11.5 Å². The molecular formula is C15H16FN3. The van der Waals surface area contributed by atoms with Crippen LogP contribution in [0.2, 0.25) is 0 Å². The molecule has 0 saturated carbocycles. The summed E-state index contributed by atoms with van der Waals surface area (Å²) in [5.74, 6) is -0.179. The van der Waals surface area contributed by atoms with E-state index in [9.17, 15) is 4.39 Å². The van der Waals surface area contributed by atoms with Crippen LogP contribution >= 0.6 is 0 Å². The Labute approximate surface area is 112 Å². The van der Waals surface area contributed by atoms with Crippen molar-refractivity contribution in [3.8, 4) is 0 Å². The largest absolute Gasteiger partial charge is 0.384 e. The van der Waals surface area contributed by atoms with Crippen molar-refractivity contribution in [3.63, 3.8) is 0 Å². The number of anilines is 1. The molecule has 0 aliphatic rings. The van der Waals surface area contributed by atoms with Gasteiger partial charge < -0.3 is 10.6 Å². The molecule has 0 heterocycles. The van der Waals surface area contributed by atoms with Crippen LogP contribution in [0.3, 0.4) is 0 Å². The molecule has 4 heteroatoms. The number of nitrogens with two attached hydrogens (primary N) is 1. The van der Waals surface area contributed by atoms with Gasteiger partial charge in [-0.05, 0) is 35.9 Å². The molecular weight excluding hydrogens is 241 g/mol. The van der Waals surface area contributed by atoms with Crippen LogP contribution in [0.5, 0.6) is 0 Å². The molecule has 98 valence electrons. The maximum atomic E-state index is 12.9. The first kappa shape index (κ1) is 13.1. The molecule has 0 bridgehead atoms. The zero-order chi connectivity index (χ0) is 13.8. The van der Waals surface area contributed by atoms with Crippen molar-refractivity contribution in [2.24, 2.45) is 5.73 Å². The third-order valence-corrected chi connectivity index (χ3v) is 2.93. The number of halogens is 1. The average Bonchev–Trinajstić information content (AvgIpc) is 2.39. The van der Waals surface area contributed by atoms with Crippen molar-refractivity contribution in [1.29, 1.82) is 5.41 Å². The van der Waals surface area contributed by atoms with E-state index in [0.717, 1.165) is 11.3 Å².